The van der Waals surface area contributed by atoms with E-state index in [1.54, 1.807) is 25.4 Å². The fourth-order valence-corrected chi connectivity index (χ4v) is 2.69. The van der Waals surface area contributed by atoms with Gasteiger partial charge >= 0.3 is 0 Å². The molecule has 1 aromatic heterocycles. The molecular weight excluding hydrogens is 338 g/mol. The van der Waals surface area contributed by atoms with Gasteiger partial charge in [0.25, 0.3) is 5.91 Å². The van der Waals surface area contributed by atoms with Crippen LogP contribution in [0.3, 0.4) is 0 Å². The quantitative estimate of drug-likeness (QED) is 0.669. The minimum atomic E-state index is -0.132. The Balaban J connectivity index is 1.58. The van der Waals surface area contributed by atoms with E-state index in [4.69, 9.17) is 4.74 Å². The van der Waals surface area contributed by atoms with Crippen LogP contribution in [0.5, 0.6) is 5.75 Å². The summed E-state index contributed by atoms with van der Waals surface area (Å²) in [5.74, 6) is 1.34. The number of amides is 1. The lowest BCUT2D eigenvalue weighted by molar-refractivity contribution is 0.0951. The topological polar surface area (TPSA) is 63.2 Å². The Labute approximate surface area is 159 Å². The maximum Gasteiger partial charge on any atom is 0.251 e. The Kier molecular flexibility index (Phi) is 6.05. The molecule has 0 saturated heterocycles. The number of benzene rings is 2. The molecule has 138 valence electrons. The van der Waals surface area contributed by atoms with Crippen LogP contribution in [0, 0.1) is 6.92 Å². The van der Waals surface area contributed by atoms with Gasteiger partial charge in [-0.3, -0.25) is 4.79 Å². The highest BCUT2D eigenvalue weighted by atomic mass is 16.5. The molecule has 0 spiro atoms. The van der Waals surface area contributed by atoms with Crippen molar-refractivity contribution in [3.8, 4) is 5.75 Å². The molecule has 2 N–H and O–H groups in total. The highest BCUT2D eigenvalue weighted by Crippen LogP contribution is 2.13. The van der Waals surface area contributed by atoms with Gasteiger partial charge in [0.1, 0.15) is 11.6 Å². The molecule has 0 saturated carbocycles. The van der Waals surface area contributed by atoms with Gasteiger partial charge in [0.05, 0.1) is 7.11 Å². The molecule has 0 atom stereocenters. The molecule has 3 rings (SSSR count). The predicted molar refractivity (Wildman–Crippen MR) is 107 cm³/mol. The van der Waals surface area contributed by atoms with Crippen LogP contribution in [0.15, 0.2) is 66.9 Å². The number of nitrogens with zero attached hydrogens (tertiary/aromatic N) is 1. The van der Waals surface area contributed by atoms with Crippen molar-refractivity contribution >= 4 is 11.7 Å². The number of aryl methyl sites for hydroxylation is 1. The smallest absolute Gasteiger partial charge is 0.251 e. The van der Waals surface area contributed by atoms with Gasteiger partial charge < -0.3 is 15.4 Å². The lowest BCUT2D eigenvalue weighted by Crippen LogP contribution is -2.23. The van der Waals surface area contributed by atoms with Crippen LogP contribution in [-0.2, 0) is 13.1 Å². The summed E-state index contributed by atoms with van der Waals surface area (Å²) in [6.07, 6.45) is 1.64. The first-order valence-corrected chi connectivity index (χ1v) is 8.81. The highest BCUT2D eigenvalue weighted by molar-refractivity contribution is 5.94. The molecule has 0 aliphatic heterocycles. The van der Waals surface area contributed by atoms with Crippen LogP contribution in [-0.4, -0.2) is 18.0 Å². The highest BCUT2D eigenvalue weighted by Gasteiger charge is 2.07. The van der Waals surface area contributed by atoms with Gasteiger partial charge in [-0.25, -0.2) is 4.98 Å². The Hall–Kier alpha value is -3.34. The van der Waals surface area contributed by atoms with E-state index in [2.05, 4.69) is 34.7 Å². The largest absolute Gasteiger partial charge is 0.497 e. The maximum atomic E-state index is 12.4. The molecule has 1 amide bonds. The minimum Gasteiger partial charge on any atom is -0.497 e. The fraction of sp³-hybridized carbons (Fsp3) is 0.182. The molecule has 2 aromatic carbocycles. The Bertz CT molecular complexity index is 907. The number of hydrogen-bond acceptors (Lipinski definition) is 4. The Morgan fingerprint density at radius 3 is 2.56 bits per heavy atom. The summed E-state index contributed by atoms with van der Waals surface area (Å²) in [6.45, 7) is 3.20. The number of hydrogen-bond donors (Lipinski definition) is 2. The van der Waals surface area contributed by atoms with Crippen molar-refractivity contribution in [3.63, 3.8) is 0 Å². The van der Waals surface area contributed by atoms with Crippen molar-refractivity contribution in [2.24, 2.45) is 0 Å². The number of aromatic nitrogens is 1. The van der Waals surface area contributed by atoms with Gasteiger partial charge in [-0.2, -0.15) is 0 Å². The van der Waals surface area contributed by atoms with Gasteiger partial charge in [0.15, 0.2) is 0 Å². The van der Waals surface area contributed by atoms with Crippen molar-refractivity contribution in [2.45, 2.75) is 20.0 Å². The van der Waals surface area contributed by atoms with E-state index in [0.717, 1.165) is 11.3 Å². The summed E-state index contributed by atoms with van der Waals surface area (Å²) in [6, 6.07) is 19.3. The number of anilines is 1. The average molecular weight is 361 g/mol. The van der Waals surface area contributed by atoms with E-state index in [0.29, 0.717) is 24.5 Å². The summed E-state index contributed by atoms with van der Waals surface area (Å²) >= 11 is 0. The zero-order chi connectivity index (χ0) is 19.1. The SMILES string of the molecule is COc1ccc(CNC(=O)c2ccnc(NCc3ccccc3C)c2)cc1. The van der Waals surface area contributed by atoms with Crippen LogP contribution < -0.4 is 15.4 Å². The van der Waals surface area contributed by atoms with E-state index < -0.39 is 0 Å². The van der Waals surface area contributed by atoms with Gasteiger partial charge in [-0.05, 0) is 47.9 Å². The number of nitrogens with one attached hydrogen (secondary N) is 2. The molecule has 0 unspecified atom stereocenters. The third kappa shape index (κ3) is 5.07. The number of pyridine rings is 1. The van der Waals surface area contributed by atoms with Crippen molar-refractivity contribution in [1.82, 2.24) is 10.3 Å². The molecular formula is C22H23N3O2. The number of ether oxygens (including phenoxy) is 1. The molecule has 1 heterocycles. The lowest BCUT2D eigenvalue weighted by atomic mass is 10.1. The van der Waals surface area contributed by atoms with E-state index in [1.165, 1.54) is 11.1 Å². The van der Waals surface area contributed by atoms with Crippen molar-refractivity contribution in [1.29, 1.82) is 0 Å². The molecule has 0 radical (unpaired) electrons. The number of rotatable bonds is 7. The first-order chi connectivity index (χ1) is 13.2. The van der Waals surface area contributed by atoms with Crippen molar-refractivity contribution in [3.05, 3.63) is 89.1 Å². The zero-order valence-electron chi connectivity index (χ0n) is 15.5. The monoisotopic (exact) mass is 361 g/mol. The van der Waals surface area contributed by atoms with E-state index in [1.807, 2.05) is 36.4 Å². The Morgan fingerprint density at radius 2 is 1.81 bits per heavy atom. The van der Waals surface area contributed by atoms with E-state index >= 15 is 0 Å². The standard InChI is InChI=1S/C22H23N3O2/c1-16-5-3-4-6-19(16)15-24-21-13-18(11-12-23-21)22(26)25-14-17-7-9-20(27-2)10-8-17/h3-13H,14-15H2,1-2H3,(H,23,24)(H,25,26). The first-order valence-electron chi connectivity index (χ1n) is 8.81. The first kappa shape index (κ1) is 18.5. The molecule has 0 aliphatic rings. The van der Waals surface area contributed by atoms with Crippen molar-refractivity contribution < 1.29 is 9.53 Å². The summed E-state index contributed by atoms with van der Waals surface area (Å²) in [5, 5.41) is 6.21. The fourth-order valence-electron chi connectivity index (χ4n) is 2.69. The van der Waals surface area contributed by atoms with Crippen LogP contribution in [0.1, 0.15) is 27.0 Å². The van der Waals surface area contributed by atoms with E-state index in [9.17, 15) is 4.79 Å². The predicted octanol–water partition coefficient (Wildman–Crippen LogP) is 3.94. The normalized spacial score (nSPS) is 10.3. The third-order valence-electron chi connectivity index (χ3n) is 4.36. The van der Waals surface area contributed by atoms with Crippen LogP contribution in [0.2, 0.25) is 0 Å². The average Bonchev–Trinajstić information content (AvgIpc) is 2.72. The second kappa shape index (κ2) is 8.85. The number of methoxy groups -OCH3 is 1. The Morgan fingerprint density at radius 1 is 1.04 bits per heavy atom. The van der Waals surface area contributed by atoms with Crippen LogP contribution in [0.4, 0.5) is 5.82 Å². The second-order valence-corrected chi connectivity index (χ2v) is 6.24. The maximum absolute atomic E-state index is 12.4. The van der Waals surface area contributed by atoms with Crippen molar-refractivity contribution in [2.75, 3.05) is 12.4 Å². The summed E-state index contributed by atoms with van der Waals surface area (Å²) in [5.41, 5.74) is 4.01. The molecule has 3 aromatic rings. The molecule has 27 heavy (non-hydrogen) atoms. The molecule has 0 aliphatic carbocycles. The molecule has 5 nitrogen and oxygen atoms in total. The van der Waals surface area contributed by atoms with Gasteiger partial charge in [0, 0.05) is 24.8 Å². The van der Waals surface area contributed by atoms with Gasteiger partial charge in [0.2, 0.25) is 0 Å². The molecule has 5 heteroatoms. The summed E-state index contributed by atoms with van der Waals surface area (Å²) < 4.78 is 5.14. The van der Waals surface area contributed by atoms with Gasteiger partial charge in [-0.15, -0.1) is 0 Å². The summed E-state index contributed by atoms with van der Waals surface area (Å²) in [7, 11) is 1.63. The zero-order valence-corrected chi connectivity index (χ0v) is 15.5. The summed E-state index contributed by atoms with van der Waals surface area (Å²) in [4.78, 5) is 16.7. The van der Waals surface area contributed by atoms with E-state index in [-0.39, 0.29) is 5.91 Å². The van der Waals surface area contributed by atoms with Gasteiger partial charge in [-0.1, -0.05) is 36.4 Å². The van der Waals surface area contributed by atoms with Crippen LogP contribution in [0.25, 0.3) is 0 Å². The molecule has 0 bridgehead atoms. The third-order valence-corrected chi connectivity index (χ3v) is 4.36. The molecule has 0 fully saturated rings. The van der Waals surface area contributed by atoms with Crippen LogP contribution >= 0.6 is 0 Å². The number of carbonyl (C=O) groups excluding carboxylic acids is 1. The second-order valence-electron chi connectivity index (χ2n) is 6.24. The minimum absolute atomic E-state index is 0.132. The lowest BCUT2D eigenvalue weighted by Gasteiger charge is -2.10. The number of carbonyl (C=O) groups is 1.